The molecule has 6 nitrogen and oxygen atoms in total. The summed E-state index contributed by atoms with van der Waals surface area (Å²) in [7, 11) is 0. The van der Waals surface area contributed by atoms with Gasteiger partial charge in [-0.05, 0) is 40.2 Å². The van der Waals surface area contributed by atoms with Crippen LogP contribution in [0, 0.1) is 0 Å². The Morgan fingerprint density at radius 3 is 2.77 bits per heavy atom. The first-order valence-electron chi connectivity index (χ1n) is 6.60. The molecule has 0 aliphatic rings. The molecular weight excluding hydrogens is 280 g/mol. The fourth-order valence-corrected chi connectivity index (χ4v) is 1.85. The minimum Gasteiger partial charge on any atom is -0.267 e. The van der Waals surface area contributed by atoms with Gasteiger partial charge in [0.2, 0.25) is 0 Å². The van der Waals surface area contributed by atoms with Crippen LogP contribution in [0.5, 0.6) is 0 Å². The van der Waals surface area contributed by atoms with Crippen molar-refractivity contribution >= 4 is 29.2 Å². The molecule has 22 heavy (non-hydrogen) atoms. The van der Waals surface area contributed by atoms with Crippen molar-refractivity contribution in [2.75, 3.05) is 0 Å². The molecule has 0 aliphatic carbocycles. The molecule has 0 aliphatic heterocycles. The summed E-state index contributed by atoms with van der Waals surface area (Å²) in [6.07, 6.45) is 5.16. The van der Waals surface area contributed by atoms with Crippen molar-refractivity contribution in [1.82, 2.24) is 15.7 Å². The van der Waals surface area contributed by atoms with Crippen LogP contribution in [0.2, 0.25) is 0 Å². The number of carbonyl (C=O) groups is 1. The number of hydrazone groups is 1. The maximum Gasteiger partial charge on any atom is 0.271 e. The van der Waals surface area contributed by atoms with E-state index in [4.69, 9.17) is 0 Å². The van der Waals surface area contributed by atoms with Gasteiger partial charge < -0.3 is 0 Å². The number of fused-ring (bicyclic) bond motifs is 1. The average Bonchev–Trinajstić information content (AvgIpc) is 3.03. The number of hydrogen-bond donors (Lipinski definition) is 1. The number of rotatable bonds is 4. The normalized spacial score (nSPS) is 11.5. The third-order valence-corrected chi connectivity index (χ3v) is 2.93. The van der Waals surface area contributed by atoms with E-state index < -0.39 is 0 Å². The first kappa shape index (κ1) is 13.7. The molecule has 0 fully saturated rings. The lowest BCUT2D eigenvalue weighted by molar-refractivity contribution is 0.0955. The summed E-state index contributed by atoms with van der Waals surface area (Å²) in [6, 6.07) is 14.7. The standard InChI is InChI=1S/C16H12N4O2/c21-16(13-8-9-14-15(11-13)20-22-19-14)18-17-10-4-7-12-5-2-1-3-6-12/h1-11H,(H,18,21). The van der Waals surface area contributed by atoms with Crippen molar-refractivity contribution in [2.45, 2.75) is 0 Å². The maximum atomic E-state index is 11.9. The van der Waals surface area contributed by atoms with Crippen LogP contribution in [0.15, 0.2) is 64.3 Å². The lowest BCUT2D eigenvalue weighted by atomic mass is 10.2. The molecule has 0 radical (unpaired) electrons. The Labute approximate surface area is 126 Å². The number of amides is 1. The van der Waals surface area contributed by atoms with Gasteiger partial charge in [-0.2, -0.15) is 5.10 Å². The Kier molecular flexibility index (Phi) is 4.01. The maximum absolute atomic E-state index is 11.9. The monoisotopic (exact) mass is 292 g/mol. The van der Waals surface area contributed by atoms with Crippen LogP contribution in [0.3, 0.4) is 0 Å². The van der Waals surface area contributed by atoms with Gasteiger partial charge in [0.1, 0.15) is 11.0 Å². The minimum absolute atomic E-state index is 0.325. The zero-order chi connectivity index (χ0) is 15.2. The van der Waals surface area contributed by atoms with Crippen LogP contribution in [-0.4, -0.2) is 22.4 Å². The molecule has 0 atom stereocenters. The summed E-state index contributed by atoms with van der Waals surface area (Å²) < 4.78 is 4.58. The Bertz CT molecular complexity index is 837. The summed E-state index contributed by atoms with van der Waals surface area (Å²) in [5.41, 5.74) is 5.07. The first-order valence-corrected chi connectivity index (χ1v) is 6.60. The topological polar surface area (TPSA) is 80.4 Å². The second kappa shape index (κ2) is 6.45. The number of benzene rings is 2. The zero-order valence-electron chi connectivity index (χ0n) is 11.5. The zero-order valence-corrected chi connectivity index (χ0v) is 11.5. The van der Waals surface area contributed by atoms with Gasteiger partial charge in [-0.3, -0.25) is 4.79 Å². The van der Waals surface area contributed by atoms with E-state index in [1.807, 2.05) is 36.4 Å². The summed E-state index contributed by atoms with van der Waals surface area (Å²) in [6.45, 7) is 0. The van der Waals surface area contributed by atoms with E-state index in [1.54, 1.807) is 24.3 Å². The molecule has 0 saturated carbocycles. The van der Waals surface area contributed by atoms with E-state index in [2.05, 4.69) is 25.5 Å². The summed E-state index contributed by atoms with van der Waals surface area (Å²) >= 11 is 0. The molecule has 0 unspecified atom stereocenters. The quantitative estimate of drug-likeness (QED) is 0.592. The van der Waals surface area contributed by atoms with Crippen LogP contribution in [0.1, 0.15) is 15.9 Å². The second-order valence-corrected chi connectivity index (χ2v) is 4.46. The molecular formula is C16H12N4O2. The van der Waals surface area contributed by atoms with E-state index >= 15 is 0 Å². The summed E-state index contributed by atoms with van der Waals surface area (Å²) in [5, 5.41) is 11.2. The lowest BCUT2D eigenvalue weighted by Gasteiger charge is -1.98. The first-order chi connectivity index (χ1) is 10.8. The molecule has 2 aromatic carbocycles. The van der Waals surface area contributed by atoms with Gasteiger partial charge in [0.15, 0.2) is 0 Å². The predicted octanol–water partition coefficient (Wildman–Crippen LogP) is 2.65. The number of nitrogens with one attached hydrogen (secondary N) is 1. The molecule has 3 rings (SSSR count). The van der Waals surface area contributed by atoms with Gasteiger partial charge in [0.25, 0.3) is 5.91 Å². The average molecular weight is 292 g/mol. The van der Waals surface area contributed by atoms with Gasteiger partial charge >= 0.3 is 0 Å². The van der Waals surface area contributed by atoms with Crippen LogP contribution in [0.4, 0.5) is 0 Å². The molecule has 0 bridgehead atoms. The fraction of sp³-hybridized carbons (Fsp3) is 0. The highest BCUT2D eigenvalue weighted by atomic mass is 16.6. The van der Waals surface area contributed by atoms with Gasteiger partial charge in [-0.15, -0.1) is 0 Å². The largest absolute Gasteiger partial charge is 0.271 e. The molecule has 0 spiro atoms. The third-order valence-electron chi connectivity index (χ3n) is 2.93. The molecule has 1 aromatic heterocycles. The molecule has 1 amide bonds. The van der Waals surface area contributed by atoms with Crippen molar-refractivity contribution in [2.24, 2.45) is 5.10 Å². The molecule has 108 valence electrons. The Balaban J connectivity index is 1.59. The van der Waals surface area contributed by atoms with Gasteiger partial charge in [-0.1, -0.05) is 36.4 Å². The predicted molar refractivity (Wildman–Crippen MR) is 83.2 cm³/mol. The Morgan fingerprint density at radius 2 is 1.91 bits per heavy atom. The van der Waals surface area contributed by atoms with Crippen LogP contribution >= 0.6 is 0 Å². The van der Waals surface area contributed by atoms with E-state index in [9.17, 15) is 4.79 Å². The van der Waals surface area contributed by atoms with Crippen molar-refractivity contribution in [3.8, 4) is 0 Å². The van der Waals surface area contributed by atoms with E-state index in [1.165, 1.54) is 6.21 Å². The third kappa shape index (κ3) is 3.24. The smallest absolute Gasteiger partial charge is 0.267 e. The highest BCUT2D eigenvalue weighted by Gasteiger charge is 2.07. The van der Waals surface area contributed by atoms with Gasteiger partial charge in [0, 0.05) is 11.8 Å². The number of carbonyl (C=O) groups excluding carboxylic acids is 1. The molecule has 1 N–H and O–H groups in total. The molecule has 1 heterocycles. The van der Waals surface area contributed by atoms with Crippen molar-refractivity contribution < 1.29 is 9.42 Å². The molecule has 0 saturated heterocycles. The van der Waals surface area contributed by atoms with Crippen LogP contribution in [0.25, 0.3) is 17.1 Å². The minimum atomic E-state index is -0.325. The van der Waals surface area contributed by atoms with Crippen molar-refractivity contribution in [3.63, 3.8) is 0 Å². The number of aromatic nitrogens is 2. The van der Waals surface area contributed by atoms with Crippen LogP contribution < -0.4 is 5.43 Å². The SMILES string of the molecule is O=C(NN=CC=Cc1ccccc1)c1ccc2nonc2c1. The number of allylic oxidation sites excluding steroid dienone is 1. The van der Waals surface area contributed by atoms with Gasteiger partial charge in [-0.25, -0.2) is 10.1 Å². The van der Waals surface area contributed by atoms with Crippen molar-refractivity contribution in [3.05, 3.63) is 65.7 Å². The van der Waals surface area contributed by atoms with E-state index in [0.29, 0.717) is 16.6 Å². The summed E-state index contributed by atoms with van der Waals surface area (Å²) in [5.74, 6) is -0.325. The highest BCUT2D eigenvalue weighted by molar-refractivity contribution is 5.97. The van der Waals surface area contributed by atoms with E-state index in [-0.39, 0.29) is 5.91 Å². The number of nitrogens with zero attached hydrogens (tertiary/aromatic N) is 3. The van der Waals surface area contributed by atoms with Crippen LogP contribution in [-0.2, 0) is 0 Å². The second-order valence-electron chi connectivity index (χ2n) is 4.46. The Morgan fingerprint density at radius 1 is 1.09 bits per heavy atom. The fourth-order valence-electron chi connectivity index (χ4n) is 1.85. The van der Waals surface area contributed by atoms with Gasteiger partial charge in [0.05, 0.1) is 0 Å². The lowest BCUT2D eigenvalue weighted by Crippen LogP contribution is -2.17. The van der Waals surface area contributed by atoms with E-state index in [0.717, 1.165) is 5.56 Å². The number of hydrogen-bond acceptors (Lipinski definition) is 5. The molecule has 3 aromatic rings. The van der Waals surface area contributed by atoms with Crippen molar-refractivity contribution in [1.29, 1.82) is 0 Å². The Hall–Kier alpha value is -3.28. The summed E-state index contributed by atoms with van der Waals surface area (Å²) in [4.78, 5) is 11.9. The highest BCUT2D eigenvalue weighted by Crippen LogP contribution is 2.11. The molecule has 6 heteroatoms.